The van der Waals surface area contributed by atoms with Crippen LogP contribution in [0.3, 0.4) is 0 Å². The summed E-state index contributed by atoms with van der Waals surface area (Å²) in [6.07, 6.45) is 1.59. The normalized spacial score (nSPS) is 9.87. The highest BCUT2D eigenvalue weighted by molar-refractivity contribution is 7.07. The molecule has 2 heterocycles. The second kappa shape index (κ2) is 4.65. The van der Waals surface area contributed by atoms with Gasteiger partial charge in [-0.15, -0.1) is 11.3 Å². The zero-order valence-corrected chi connectivity index (χ0v) is 8.70. The van der Waals surface area contributed by atoms with Crippen molar-refractivity contribution in [1.82, 2.24) is 15.3 Å². The van der Waals surface area contributed by atoms with Gasteiger partial charge in [0, 0.05) is 11.6 Å². The summed E-state index contributed by atoms with van der Waals surface area (Å²) < 4.78 is 0. The van der Waals surface area contributed by atoms with Crippen molar-refractivity contribution in [3.8, 4) is 0 Å². The Bertz CT molecular complexity index is 427. The highest BCUT2D eigenvalue weighted by atomic mass is 32.1. The van der Waals surface area contributed by atoms with E-state index in [2.05, 4.69) is 15.3 Å². The van der Waals surface area contributed by atoms with Crippen LogP contribution >= 0.6 is 11.3 Å². The summed E-state index contributed by atoms with van der Waals surface area (Å²) in [5.41, 5.74) is 3.03. The monoisotopic (exact) mass is 219 g/mol. The van der Waals surface area contributed by atoms with E-state index in [1.165, 1.54) is 11.3 Å². The Morgan fingerprint density at radius 3 is 3.00 bits per heavy atom. The number of rotatable bonds is 3. The maximum Gasteiger partial charge on any atom is 0.270 e. The lowest BCUT2D eigenvalue weighted by Crippen LogP contribution is -2.23. The second-order valence-electron chi connectivity index (χ2n) is 2.88. The van der Waals surface area contributed by atoms with Crippen molar-refractivity contribution in [3.63, 3.8) is 0 Å². The van der Waals surface area contributed by atoms with Crippen LogP contribution in [0.1, 0.15) is 16.2 Å². The van der Waals surface area contributed by atoms with Gasteiger partial charge in [-0.2, -0.15) is 0 Å². The molecule has 0 aliphatic carbocycles. The van der Waals surface area contributed by atoms with Crippen LogP contribution in [0, 0.1) is 0 Å². The summed E-state index contributed by atoms with van der Waals surface area (Å²) in [7, 11) is 0. The molecule has 0 radical (unpaired) electrons. The van der Waals surface area contributed by atoms with Crippen LogP contribution in [0.4, 0.5) is 0 Å². The van der Waals surface area contributed by atoms with E-state index < -0.39 is 0 Å². The van der Waals surface area contributed by atoms with Crippen LogP contribution in [0.5, 0.6) is 0 Å². The second-order valence-corrected chi connectivity index (χ2v) is 3.60. The van der Waals surface area contributed by atoms with Gasteiger partial charge in [0.05, 0.1) is 17.7 Å². The molecule has 5 heteroatoms. The maximum atomic E-state index is 11.5. The number of hydrogen-bond acceptors (Lipinski definition) is 4. The Hall–Kier alpha value is -1.75. The van der Waals surface area contributed by atoms with Gasteiger partial charge < -0.3 is 5.32 Å². The quantitative estimate of drug-likeness (QED) is 0.850. The number of carbonyl (C=O) groups excluding carboxylic acids is 1. The minimum atomic E-state index is -0.177. The van der Waals surface area contributed by atoms with Crippen LogP contribution in [-0.4, -0.2) is 15.9 Å². The molecule has 0 aliphatic rings. The smallest absolute Gasteiger partial charge is 0.270 e. The molecule has 0 atom stereocenters. The Kier molecular flexibility index (Phi) is 3.04. The van der Waals surface area contributed by atoms with Gasteiger partial charge in [0.15, 0.2) is 0 Å². The number of hydrogen-bond donors (Lipinski definition) is 1. The number of nitrogens with zero attached hydrogens (tertiary/aromatic N) is 2. The van der Waals surface area contributed by atoms with E-state index in [1.54, 1.807) is 29.9 Å². The Balaban J connectivity index is 1.94. The van der Waals surface area contributed by atoms with Gasteiger partial charge >= 0.3 is 0 Å². The molecule has 0 saturated carbocycles. The Morgan fingerprint density at radius 1 is 1.40 bits per heavy atom. The molecule has 4 nitrogen and oxygen atoms in total. The third-order valence-electron chi connectivity index (χ3n) is 1.81. The van der Waals surface area contributed by atoms with E-state index in [0.717, 1.165) is 5.69 Å². The molecular weight excluding hydrogens is 210 g/mol. The van der Waals surface area contributed by atoms with Crippen LogP contribution in [-0.2, 0) is 6.54 Å². The summed E-state index contributed by atoms with van der Waals surface area (Å²) in [6.45, 7) is 0.443. The highest BCUT2D eigenvalue weighted by Gasteiger charge is 2.05. The molecule has 0 aromatic carbocycles. The molecule has 0 spiro atoms. The molecule has 1 N–H and O–H groups in total. The fourth-order valence-corrected chi connectivity index (χ4v) is 1.64. The summed E-state index contributed by atoms with van der Waals surface area (Å²) in [6, 6.07) is 5.23. The maximum absolute atomic E-state index is 11.5. The molecule has 0 fully saturated rings. The van der Waals surface area contributed by atoms with Crippen molar-refractivity contribution in [3.05, 3.63) is 46.7 Å². The Morgan fingerprint density at radius 2 is 2.33 bits per heavy atom. The number of nitrogens with one attached hydrogen (secondary N) is 1. The molecule has 1 amide bonds. The predicted molar refractivity (Wildman–Crippen MR) is 57.5 cm³/mol. The molecule has 2 aromatic heterocycles. The minimum Gasteiger partial charge on any atom is -0.345 e. The van der Waals surface area contributed by atoms with E-state index in [0.29, 0.717) is 12.2 Å². The summed E-state index contributed by atoms with van der Waals surface area (Å²) >= 11 is 1.51. The highest BCUT2D eigenvalue weighted by Crippen LogP contribution is 2.00. The fraction of sp³-hybridized carbons (Fsp3) is 0.100. The fourth-order valence-electron chi connectivity index (χ4n) is 1.08. The predicted octanol–water partition coefficient (Wildman–Crippen LogP) is 1.47. The van der Waals surface area contributed by atoms with Gasteiger partial charge in [0.2, 0.25) is 0 Å². The number of carbonyl (C=O) groups is 1. The van der Waals surface area contributed by atoms with E-state index in [9.17, 15) is 4.79 Å². The first-order chi connectivity index (χ1) is 7.36. The zero-order valence-electron chi connectivity index (χ0n) is 7.88. The van der Waals surface area contributed by atoms with Gasteiger partial charge in [0.25, 0.3) is 5.91 Å². The largest absolute Gasteiger partial charge is 0.345 e. The van der Waals surface area contributed by atoms with Gasteiger partial charge in [0.1, 0.15) is 5.69 Å². The molecular formula is C10H9N3OS. The van der Waals surface area contributed by atoms with Crippen molar-refractivity contribution in [2.45, 2.75) is 6.54 Å². The van der Waals surface area contributed by atoms with E-state index >= 15 is 0 Å². The number of thiazole rings is 1. The van der Waals surface area contributed by atoms with Crippen LogP contribution in [0.25, 0.3) is 0 Å². The van der Waals surface area contributed by atoms with Crippen LogP contribution in [0.2, 0.25) is 0 Å². The van der Waals surface area contributed by atoms with Crippen molar-refractivity contribution >= 4 is 17.2 Å². The summed E-state index contributed by atoms with van der Waals surface area (Å²) in [5.74, 6) is -0.177. The molecule has 2 rings (SSSR count). The van der Waals surface area contributed by atoms with Crippen molar-refractivity contribution < 1.29 is 4.79 Å². The van der Waals surface area contributed by atoms with Gasteiger partial charge in [-0.3, -0.25) is 9.78 Å². The molecule has 0 saturated heterocycles. The first-order valence-corrected chi connectivity index (χ1v) is 5.37. The van der Waals surface area contributed by atoms with E-state index in [1.807, 2.05) is 5.38 Å². The van der Waals surface area contributed by atoms with Crippen molar-refractivity contribution in [2.75, 3.05) is 0 Å². The molecule has 76 valence electrons. The van der Waals surface area contributed by atoms with Gasteiger partial charge in [-0.05, 0) is 12.1 Å². The first kappa shape index (κ1) is 9.79. The standard InChI is InChI=1S/C10H9N3OS/c14-10(9-3-1-2-4-11-9)12-5-8-6-15-7-13-8/h1-4,6-7H,5H2,(H,12,14). The average molecular weight is 219 g/mol. The lowest BCUT2D eigenvalue weighted by Gasteiger charge is -2.01. The number of pyridine rings is 1. The van der Waals surface area contributed by atoms with Gasteiger partial charge in [-0.25, -0.2) is 4.98 Å². The zero-order chi connectivity index (χ0) is 10.5. The van der Waals surface area contributed by atoms with Crippen LogP contribution < -0.4 is 5.32 Å². The Labute approximate surface area is 91.0 Å². The van der Waals surface area contributed by atoms with E-state index in [4.69, 9.17) is 0 Å². The summed E-state index contributed by atoms with van der Waals surface area (Å²) in [4.78, 5) is 19.6. The number of aromatic nitrogens is 2. The molecule has 0 bridgehead atoms. The van der Waals surface area contributed by atoms with Crippen molar-refractivity contribution in [2.24, 2.45) is 0 Å². The lowest BCUT2D eigenvalue weighted by molar-refractivity contribution is 0.0945. The minimum absolute atomic E-state index is 0.177. The average Bonchev–Trinajstić information content (AvgIpc) is 2.80. The summed E-state index contributed by atoms with van der Waals surface area (Å²) in [5, 5.41) is 4.65. The van der Waals surface area contributed by atoms with Crippen molar-refractivity contribution in [1.29, 1.82) is 0 Å². The molecule has 2 aromatic rings. The van der Waals surface area contributed by atoms with E-state index in [-0.39, 0.29) is 5.91 Å². The lowest BCUT2D eigenvalue weighted by atomic mass is 10.3. The third kappa shape index (κ3) is 2.60. The first-order valence-electron chi connectivity index (χ1n) is 4.42. The van der Waals surface area contributed by atoms with Gasteiger partial charge in [-0.1, -0.05) is 6.07 Å². The third-order valence-corrected chi connectivity index (χ3v) is 2.45. The van der Waals surface area contributed by atoms with Crippen LogP contribution in [0.15, 0.2) is 35.3 Å². The number of amides is 1. The molecule has 15 heavy (non-hydrogen) atoms. The SMILES string of the molecule is O=C(NCc1cscn1)c1ccccn1. The molecule has 0 unspecified atom stereocenters. The topological polar surface area (TPSA) is 54.9 Å². The molecule has 0 aliphatic heterocycles.